The second-order valence-electron chi connectivity index (χ2n) is 4.18. The molecule has 1 aromatic heterocycles. The van der Waals surface area contributed by atoms with E-state index >= 15 is 0 Å². The average Bonchev–Trinajstić information content (AvgIpc) is 3.08. The highest BCUT2D eigenvalue weighted by atomic mass is 16.5. The molecule has 5 heteroatoms. The molecule has 16 heavy (non-hydrogen) atoms. The van der Waals surface area contributed by atoms with Crippen molar-refractivity contribution in [2.24, 2.45) is 0 Å². The van der Waals surface area contributed by atoms with Crippen molar-refractivity contribution in [3.8, 4) is 0 Å². The van der Waals surface area contributed by atoms with E-state index in [1.54, 1.807) is 7.11 Å². The van der Waals surface area contributed by atoms with Crippen LogP contribution in [0.4, 0.5) is 5.82 Å². The minimum atomic E-state index is -0.0730. The Balaban J connectivity index is 2.16. The van der Waals surface area contributed by atoms with Gasteiger partial charge in [-0.3, -0.25) is 4.79 Å². The summed E-state index contributed by atoms with van der Waals surface area (Å²) in [6, 6.07) is 1.53. The molecular formula is C11H17N3O2. The molecule has 0 unspecified atom stereocenters. The number of rotatable bonds is 5. The number of nitrogens with one attached hydrogen (secondary N) is 1. The minimum absolute atomic E-state index is 0.0730. The molecule has 0 amide bonds. The largest absolute Gasteiger partial charge is 0.383 e. The van der Waals surface area contributed by atoms with Crippen LogP contribution in [0.1, 0.15) is 24.6 Å². The fourth-order valence-corrected chi connectivity index (χ4v) is 1.55. The molecule has 5 nitrogen and oxygen atoms in total. The Morgan fingerprint density at radius 2 is 2.38 bits per heavy atom. The van der Waals surface area contributed by atoms with Crippen molar-refractivity contribution >= 4 is 5.82 Å². The molecule has 0 bridgehead atoms. The summed E-state index contributed by atoms with van der Waals surface area (Å²) in [4.78, 5) is 20.7. The maximum Gasteiger partial charge on any atom is 0.252 e. The third kappa shape index (κ3) is 2.61. The maximum atomic E-state index is 11.5. The van der Waals surface area contributed by atoms with Gasteiger partial charge in [0.25, 0.3) is 5.56 Å². The molecule has 1 aromatic rings. The first kappa shape index (κ1) is 11.1. The number of nitrogens with zero attached hydrogens (tertiary/aromatic N) is 2. The first-order valence-corrected chi connectivity index (χ1v) is 5.52. The summed E-state index contributed by atoms with van der Waals surface area (Å²) >= 11 is 0. The second kappa shape index (κ2) is 4.65. The van der Waals surface area contributed by atoms with E-state index in [4.69, 9.17) is 4.74 Å². The number of H-pyrrole nitrogens is 1. The molecular weight excluding hydrogens is 206 g/mol. The van der Waals surface area contributed by atoms with Crippen molar-refractivity contribution in [3.63, 3.8) is 0 Å². The number of hydrogen-bond donors (Lipinski definition) is 1. The monoisotopic (exact) mass is 223 g/mol. The number of anilines is 1. The zero-order valence-corrected chi connectivity index (χ0v) is 9.69. The van der Waals surface area contributed by atoms with Gasteiger partial charge in [-0.1, -0.05) is 0 Å². The Hall–Kier alpha value is -1.36. The molecule has 1 N–H and O–H groups in total. The molecule has 0 spiro atoms. The molecule has 0 saturated heterocycles. The first-order chi connectivity index (χ1) is 7.70. The predicted molar refractivity (Wildman–Crippen MR) is 62.0 cm³/mol. The number of likely N-dealkylation sites (N-methyl/N-ethyl adjacent to an activating group) is 1. The van der Waals surface area contributed by atoms with Crippen LogP contribution in [0.25, 0.3) is 0 Å². The fourth-order valence-electron chi connectivity index (χ4n) is 1.55. The second-order valence-corrected chi connectivity index (χ2v) is 4.18. The van der Waals surface area contributed by atoms with E-state index in [1.807, 2.05) is 11.9 Å². The highest BCUT2D eigenvalue weighted by molar-refractivity contribution is 5.36. The van der Waals surface area contributed by atoms with Crippen molar-refractivity contribution in [1.29, 1.82) is 0 Å². The molecule has 1 heterocycles. The molecule has 1 saturated carbocycles. The predicted octanol–water partition coefficient (Wildman–Crippen LogP) is 0.730. The number of hydrogen-bond acceptors (Lipinski definition) is 4. The normalized spacial score (nSPS) is 15.1. The third-order valence-corrected chi connectivity index (χ3v) is 2.73. The van der Waals surface area contributed by atoms with E-state index in [1.165, 1.54) is 6.07 Å². The van der Waals surface area contributed by atoms with Crippen LogP contribution in [-0.2, 0) is 4.74 Å². The Bertz CT molecular complexity index is 412. The zero-order chi connectivity index (χ0) is 11.5. The van der Waals surface area contributed by atoms with Gasteiger partial charge in [0.15, 0.2) is 0 Å². The smallest absolute Gasteiger partial charge is 0.252 e. The number of ether oxygens (including phenoxy) is 1. The molecule has 1 fully saturated rings. The lowest BCUT2D eigenvalue weighted by atomic mass is 10.4. The molecule has 0 radical (unpaired) electrons. The summed E-state index contributed by atoms with van der Waals surface area (Å²) in [6.45, 7) is 1.36. The summed E-state index contributed by atoms with van der Waals surface area (Å²) in [5, 5.41) is 0. The van der Waals surface area contributed by atoms with Gasteiger partial charge in [0.2, 0.25) is 0 Å². The topological polar surface area (TPSA) is 58.2 Å². The average molecular weight is 223 g/mol. The Kier molecular flexibility index (Phi) is 3.24. The first-order valence-electron chi connectivity index (χ1n) is 5.52. The van der Waals surface area contributed by atoms with Crippen LogP contribution < -0.4 is 10.5 Å². The Morgan fingerprint density at radius 1 is 1.62 bits per heavy atom. The van der Waals surface area contributed by atoms with E-state index in [-0.39, 0.29) is 5.56 Å². The van der Waals surface area contributed by atoms with Gasteiger partial charge < -0.3 is 14.6 Å². The van der Waals surface area contributed by atoms with Crippen LogP contribution in [-0.4, -0.2) is 37.3 Å². The van der Waals surface area contributed by atoms with Crippen LogP contribution in [0.2, 0.25) is 0 Å². The van der Waals surface area contributed by atoms with Crippen molar-refractivity contribution in [1.82, 2.24) is 9.97 Å². The van der Waals surface area contributed by atoms with Gasteiger partial charge in [0, 0.05) is 32.7 Å². The van der Waals surface area contributed by atoms with Crippen LogP contribution in [0.5, 0.6) is 0 Å². The summed E-state index contributed by atoms with van der Waals surface area (Å²) < 4.78 is 5.00. The van der Waals surface area contributed by atoms with Gasteiger partial charge in [-0.2, -0.15) is 0 Å². The van der Waals surface area contributed by atoms with Crippen molar-refractivity contribution in [3.05, 3.63) is 22.2 Å². The van der Waals surface area contributed by atoms with E-state index in [0.717, 1.165) is 31.0 Å². The van der Waals surface area contributed by atoms with Crippen molar-refractivity contribution < 1.29 is 4.74 Å². The number of aromatic nitrogens is 2. The van der Waals surface area contributed by atoms with Crippen LogP contribution in [0, 0.1) is 0 Å². The molecule has 2 rings (SSSR count). The van der Waals surface area contributed by atoms with Gasteiger partial charge in [0.1, 0.15) is 11.6 Å². The Morgan fingerprint density at radius 3 is 3.00 bits per heavy atom. The standard InChI is InChI=1S/C11H17N3O2/c1-14(5-6-16-2)9-7-10(15)13-11(12-9)8-3-4-8/h7-8H,3-6H2,1-2H3,(H,12,13,15). The molecule has 0 aliphatic heterocycles. The lowest BCUT2D eigenvalue weighted by Crippen LogP contribution is -2.25. The molecule has 1 aliphatic carbocycles. The Labute approximate surface area is 94.5 Å². The van der Waals surface area contributed by atoms with Gasteiger partial charge in [-0.15, -0.1) is 0 Å². The molecule has 0 aromatic carbocycles. The minimum Gasteiger partial charge on any atom is -0.383 e. The van der Waals surface area contributed by atoms with E-state index in [9.17, 15) is 4.79 Å². The number of methoxy groups -OCH3 is 1. The fraction of sp³-hybridized carbons (Fsp3) is 0.636. The summed E-state index contributed by atoms with van der Waals surface area (Å²) in [5.41, 5.74) is -0.0730. The SMILES string of the molecule is COCCN(C)c1cc(=O)[nH]c(C2CC2)n1. The van der Waals surface area contributed by atoms with Gasteiger partial charge in [-0.25, -0.2) is 4.98 Å². The maximum absolute atomic E-state index is 11.5. The molecule has 1 aliphatic rings. The zero-order valence-electron chi connectivity index (χ0n) is 9.69. The van der Waals surface area contributed by atoms with Crippen LogP contribution >= 0.6 is 0 Å². The van der Waals surface area contributed by atoms with E-state index in [0.29, 0.717) is 12.5 Å². The van der Waals surface area contributed by atoms with Gasteiger partial charge in [0.05, 0.1) is 6.61 Å². The quantitative estimate of drug-likeness (QED) is 0.799. The van der Waals surface area contributed by atoms with Gasteiger partial charge >= 0.3 is 0 Å². The number of aromatic amines is 1. The summed E-state index contributed by atoms with van der Waals surface area (Å²) in [5.74, 6) is 2.01. The van der Waals surface area contributed by atoms with E-state index in [2.05, 4.69) is 9.97 Å². The van der Waals surface area contributed by atoms with E-state index < -0.39 is 0 Å². The van der Waals surface area contributed by atoms with Crippen LogP contribution in [0.3, 0.4) is 0 Å². The highest BCUT2D eigenvalue weighted by Gasteiger charge is 2.26. The third-order valence-electron chi connectivity index (χ3n) is 2.73. The van der Waals surface area contributed by atoms with Gasteiger partial charge in [-0.05, 0) is 12.8 Å². The summed E-state index contributed by atoms with van der Waals surface area (Å²) in [7, 11) is 3.58. The lowest BCUT2D eigenvalue weighted by Gasteiger charge is -2.17. The lowest BCUT2D eigenvalue weighted by molar-refractivity contribution is 0.206. The van der Waals surface area contributed by atoms with Crippen LogP contribution in [0.15, 0.2) is 10.9 Å². The molecule has 88 valence electrons. The highest BCUT2D eigenvalue weighted by Crippen LogP contribution is 2.37. The summed E-state index contributed by atoms with van der Waals surface area (Å²) in [6.07, 6.45) is 2.27. The van der Waals surface area contributed by atoms with Crippen molar-refractivity contribution in [2.45, 2.75) is 18.8 Å². The molecule has 0 atom stereocenters. The van der Waals surface area contributed by atoms with Crippen molar-refractivity contribution in [2.75, 3.05) is 32.2 Å².